The SMILES string of the molecule is COc1ccc(Cl)cc1CN(CC(C)(C)C#N)C(=O)CCl. The first kappa shape index (κ1) is 17.6. The Labute approximate surface area is 135 Å². The van der Waals surface area contributed by atoms with Gasteiger partial charge in [-0.3, -0.25) is 4.79 Å². The van der Waals surface area contributed by atoms with E-state index in [0.717, 1.165) is 5.56 Å². The van der Waals surface area contributed by atoms with Crippen LogP contribution in [0.1, 0.15) is 19.4 Å². The Morgan fingerprint density at radius 3 is 2.67 bits per heavy atom. The number of carbonyl (C=O) groups excluding carboxylic acids is 1. The molecule has 0 aliphatic heterocycles. The summed E-state index contributed by atoms with van der Waals surface area (Å²) in [7, 11) is 1.56. The highest BCUT2D eigenvalue weighted by atomic mass is 35.5. The van der Waals surface area contributed by atoms with E-state index in [9.17, 15) is 4.79 Å². The lowest BCUT2D eigenvalue weighted by Crippen LogP contribution is -2.38. The Hall–Kier alpha value is -1.44. The number of hydrogen-bond acceptors (Lipinski definition) is 3. The smallest absolute Gasteiger partial charge is 0.237 e. The van der Waals surface area contributed by atoms with Crippen LogP contribution < -0.4 is 4.74 Å². The van der Waals surface area contributed by atoms with Crippen LogP contribution in [0.5, 0.6) is 5.75 Å². The van der Waals surface area contributed by atoms with Crippen molar-refractivity contribution >= 4 is 29.1 Å². The molecule has 1 aromatic rings. The van der Waals surface area contributed by atoms with Gasteiger partial charge in [0.2, 0.25) is 5.91 Å². The van der Waals surface area contributed by atoms with Gasteiger partial charge in [0.1, 0.15) is 11.6 Å². The number of amides is 1. The third-order valence-corrected chi connectivity index (χ3v) is 3.42. The van der Waals surface area contributed by atoms with Crippen LogP contribution >= 0.6 is 23.2 Å². The van der Waals surface area contributed by atoms with Gasteiger partial charge in [-0.15, -0.1) is 11.6 Å². The summed E-state index contributed by atoms with van der Waals surface area (Å²) in [6.45, 7) is 4.12. The second-order valence-corrected chi connectivity index (χ2v) is 6.04. The predicted octanol–water partition coefficient (Wildman–Crippen LogP) is 3.47. The summed E-state index contributed by atoms with van der Waals surface area (Å²) in [5.41, 5.74) is 0.116. The molecule has 0 atom stereocenters. The van der Waals surface area contributed by atoms with Gasteiger partial charge in [-0.2, -0.15) is 5.26 Å². The number of nitriles is 1. The normalized spacial score (nSPS) is 10.9. The van der Waals surface area contributed by atoms with Gasteiger partial charge in [0.25, 0.3) is 0 Å². The summed E-state index contributed by atoms with van der Waals surface area (Å²) in [6, 6.07) is 7.39. The van der Waals surface area contributed by atoms with Crippen LogP contribution in [0.15, 0.2) is 18.2 Å². The first-order chi connectivity index (χ1) is 9.82. The Kier molecular flexibility index (Phi) is 6.32. The van der Waals surface area contributed by atoms with Crippen molar-refractivity contribution in [3.8, 4) is 11.8 Å². The lowest BCUT2D eigenvalue weighted by atomic mass is 9.95. The largest absolute Gasteiger partial charge is 0.496 e. The summed E-state index contributed by atoms with van der Waals surface area (Å²) in [5.74, 6) is 0.272. The van der Waals surface area contributed by atoms with Crippen LogP contribution in [0, 0.1) is 16.7 Å². The maximum Gasteiger partial charge on any atom is 0.237 e. The molecular weight excluding hydrogens is 311 g/mol. The molecule has 1 amide bonds. The summed E-state index contributed by atoms with van der Waals surface area (Å²) < 4.78 is 5.28. The molecular formula is C15H18Cl2N2O2. The zero-order chi connectivity index (χ0) is 16.0. The highest BCUT2D eigenvalue weighted by Gasteiger charge is 2.25. The molecule has 6 heteroatoms. The summed E-state index contributed by atoms with van der Waals surface area (Å²) in [5, 5.41) is 9.70. The fourth-order valence-electron chi connectivity index (χ4n) is 1.91. The maximum atomic E-state index is 12.0. The van der Waals surface area contributed by atoms with Gasteiger partial charge in [-0.25, -0.2) is 0 Å². The molecule has 0 unspecified atom stereocenters. The van der Waals surface area contributed by atoms with Crippen molar-refractivity contribution in [3.63, 3.8) is 0 Å². The molecule has 0 radical (unpaired) electrons. The predicted molar refractivity (Wildman–Crippen MR) is 83.5 cm³/mol. The van der Waals surface area contributed by atoms with Gasteiger partial charge in [-0.05, 0) is 32.0 Å². The van der Waals surface area contributed by atoms with Crippen LogP contribution in [-0.4, -0.2) is 30.3 Å². The minimum Gasteiger partial charge on any atom is -0.496 e. The second kappa shape index (κ2) is 7.53. The molecule has 0 saturated heterocycles. The number of rotatable bonds is 6. The quantitative estimate of drug-likeness (QED) is 0.751. The Bertz CT molecular complexity index is 553. The number of carbonyl (C=O) groups is 1. The van der Waals surface area contributed by atoms with E-state index in [1.807, 2.05) is 0 Å². The van der Waals surface area contributed by atoms with Gasteiger partial charge in [0, 0.05) is 23.7 Å². The molecule has 114 valence electrons. The molecule has 0 fully saturated rings. The minimum absolute atomic E-state index is 0.135. The van der Waals surface area contributed by atoms with Crippen molar-refractivity contribution in [2.75, 3.05) is 19.5 Å². The third kappa shape index (κ3) is 5.11. The van der Waals surface area contributed by atoms with E-state index in [-0.39, 0.29) is 18.3 Å². The standard InChI is InChI=1S/C15H18Cl2N2O2/c1-15(2,9-18)10-19(14(20)7-16)8-11-6-12(17)4-5-13(11)21-3/h4-6H,7-8,10H2,1-3H3. The van der Waals surface area contributed by atoms with E-state index < -0.39 is 5.41 Å². The number of nitrogens with zero attached hydrogens (tertiary/aromatic N) is 2. The molecule has 0 heterocycles. The molecule has 1 aromatic carbocycles. The fourth-order valence-corrected chi connectivity index (χ4v) is 2.27. The number of hydrogen-bond donors (Lipinski definition) is 0. The molecule has 0 aliphatic carbocycles. The van der Waals surface area contributed by atoms with Crippen LogP contribution in [0.4, 0.5) is 0 Å². The van der Waals surface area contributed by atoms with Crippen molar-refractivity contribution in [3.05, 3.63) is 28.8 Å². The van der Waals surface area contributed by atoms with Crippen molar-refractivity contribution in [2.24, 2.45) is 5.41 Å². The van der Waals surface area contributed by atoms with Crippen molar-refractivity contribution < 1.29 is 9.53 Å². The van der Waals surface area contributed by atoms with E-state index in [0.29, 0.717) is 17.3 Å². The molecule has 0 N–H and O–H groups in total. The Morgan fingerprint density at radius 1 is 1.48 bits per heavy atom. The van der Waals surface area contributed by atoms with E-state index in [1.165, 1.54) is 0 Å². The van der Waals surface area contributed by atoms with Crippen LogP contribution in [0.3, 0.4) is 0 Å². The lowest BCUT2D eigenvalue weighted by molar-refractivity contribution is -0.130. The molecule has 0 spiro atoms. The molecule has 0 bridgehead atoms. The summed E-state index contributed by atoms with van der Waals surface area (Å²) in [6.07, 6.45) is 0. The molecule has 0 aromatic heterocycles. The molecule has 0 saturated carbocycles. The number of halogens is 2. The topological polar surface area (TPSA) is 53.3 Å². The first-order valence-corrected chi connectivity index (χ1v) is 7.31. The van der Waals surface area contributed by atoms with Gasteiger partial charge >= 0.3 is 0 Å². The highest BCUT2D eigenvalue weighted by molar-refractivity contribution is 6.30. The summed E-state index contributed by atoms with van der Waals surface area (Å²) in [4.78, 5) is 13.6. The van der Waals surface area contributed by atoms with E-state index in [2.05, 4.69) is 6.07 Å². The minimum atomic E-state index is -0.659. The number of benzene rings is 1. The third-order valence-electron chi connectivity index (χ3n) is 2.96. The fraction of sp³-hybridized carbons (Fsp3) is 0.467. The van der Waals surface area contributed by atoms with Crippen molar-refractivity contribution in [1.29, 1.82) is 5.26 Å². The molecule has 21 heavy (non-hydrogen) atoms. The van der Waals surface area contributed by atoms with Gasteiger partial charge < -0.3 is 9.64 Å². The van der Waals surface area contributed by atoms with E-state index >= 15 is 0 Å². The molecule has 1 rings (SSSR count). The number of alkyl halides is 1. The van der Waals surface area contributed by atoms with Crippen molar-refractivity contribution in [2.45, 2.75) is 20.4 Å². The number of ether oxygens (including phenoxy) is 1. The maximum absolute atomic E-state index is 12.0. The molecule has 4 nitrogen and oxygen atoms in total. The monoisotopic (exact) mass is 328 g/mol. The average molecular weight is 329 g/mol. The zero-order valence-electron chi connectivity index (χ0n) is 12.3. The van der Waals surface area contributed by atoms with Crippen LogP contribution in [0.2, 0.25) is 5.02 Å². The van der Waals surface area contributed by atoms with Gasteiger partial charge in [0.05, 0.1) is 18.6 Å². The highest BCUT2D eigenvalue weighted by Crippen LogP contribution is 2.26. The zero-order valence-corrected chi connectivity index (χ0v) is 13.8. The van der Waals surface area contributed by atoms with Crippen molar-refractivity contribution in [1.82, 2.24) is 4.90 Å². The Balaban J connectivity index is 3.05. The van der Waals surface area contributed by atoms with E-state index in [1.54, 1.807) is 44.1 Å². The van der Waals surface area contributed by atoms with Gasteiger partial charge in [-0.1, -0.05) is 11.6 Å². The lowest BCUT2D eigenvalue weighted by Gasteiger charge is -2.28. The second-order valence-electron chi connectivity index (χ2n) is 5.34. The van der Waals surface area contributed by atoms with E-state index in [4.69, 9.17) is 33.2 Å². The number of methoxy groups -OCH3 is 1. The summed E-state index contributed by atoms with van der Waals surface area (Å²) >= 11 is 11.7. The van der Waals surface area contributed by atoms with Crippen LogP contribution in [-0.2, 0) is 11.3 Å². The molecule has 0 aliphatic rings. The van der Waals surface area contributed by atoms with Gasteiger partial charge in [0.15, 0.2) is 0 Å². The average Bonchev–Trinajstić information content (AvgIpc) is 2.45. The van der Waals surface area contributed by atoms with Crippen LogP contribution in [0.25, 0.3) is 0 Å². The first-order valence-electron chi connectivity index (χ1n) is 6.40. The Morgan fingerprint density at radius 2 is 2.14 bits per heavy atom.